The van der Waals surface area contributed by atoms with Gasteiger partial charge in [-0.05, 0) is 43.3 Å². The summed E-state index contributed by atoms with van der Waals surface area (Å²) in [5.41, 5.74) is 1.20. The third-order valence-electron chi connectivity index (χ3n) is 3.44. The van der Waals surface area contributed by atoms with E-state index in [9.17, 15) is 9.90 Å². The van der Waals surface area contributed by atoms with Crippen molar-refractivity contribution in [1.82, 2.24) is 4.90 Å². The van der Waals surface area contributed by atoms with Gasteiger partial charge in [0.2, 0.25) is 0 Å². The van der Waals surface area contributed by atoms with Gasteiger partial charge in [-0.3, -0.25) is 9.69 Å². The van der Waals surface area contributed by atoms with Crippen LogP contribution >= 0.6 is 11.8 Å². The Balaban J connectivity index is 2.03. The molecule has 0 spiro atoms. The summed E-state index contributed by atoms with van der Waals surface area (Å²) in [7, 11) is 0. The van der Waals surface area contributed by atoms with Crippen LogP contribution < -0.4 is 0 Å². The molecule has 0 bridgehead atoms. The molecule has 1 atom stereocenters. The van der Waals surface area contributed by atoms with Crippen molar-refractivity contribution in [2.75, 3.05) is 12.8 Å². The van der Waals surface area contributed by atoms with Crippen LogP contribution in [0.1, 0.15) is 24.8 Å². The highest BCUT2D eigenvalue weighted by atomic mass is 32.2. The minimum absolute atomic E-state index is 0.307. The largest absolute Gasteiger partial charge is 0.480 e. The number of aliphatic carboxylic acids is 1. The molecule has 0 amide bonds. The zero-order chi connectivity index (χ0) is 13.0. The second-order valence-corrected chi connectivity index (χ2v) is 5.55. The molecule has 1 aromatic carbocycles. The van der Waals surface area contributed by atoms with Gasteiger partial charge in [-0.1, -0.05) is 18.6 Å². The molecule has 0 radical (unpaired) electrons. The van der Waals surface area contributed by atoms with Crippen molar-refractivity contribution in [2.24, 2.45) is 0 Å². The zero-order valence-corrected chi connectivity index (χ0v) is 11.4. The molecule has 1 aromatic rings. The predicted octanol–water partition coefficient (Wildman–Crippen LogP) is 2.85. The molecule has 1 aliphatic heterocycles. The maximum Gasteiger partial charge on any atom is 0.320 e. The van der Waals surface area contributed by atoms with Crippen molar-refractivity contribution in [3.05, 3.63) is 29.8 Å². The number of thioether (sulfide) groups is 1. The second-order valence-electron chi connectivity index (χ2n) is 4.67. The normalized spacial score (nSPS) is 20.8. The molecular formula is C14H19NO2S. The molecule has 98 valence electrons. The summed E-state index contributed by atoms with van der Waals surface area (Å²) in [6, 6.07) is 8.08. The average Bonchev–Trinajstić information content (AvgIpc) is 2.40. The number of likely N-dealkylation sites (tertiary alicyclic amines) is 1. The Morgan fingerprint density at radius 3 is 2.72 bits per heavy atom. The summed E-state index contributed by atoms with van der Waals surface area (Å²) in [4.78, 5) is 14.5. The number of carboxylic acids is 1. The highest BCUT2D eigenvalue weighted by Crippen LogP contribution is 2.21. The Morgan fingerprint density at radius 2 is 2.11 bits per heavy atom. The third-order valence-corrected chi connectivity index (χ3v) is 4.19. The smallest absolute Gasteiger partial charge is 0.320 e. The topological polar surface area (TPSA) is 40.5 Å². The van der Waals surface area contributed by atoms with Crippen molar-refractivity contribution in [3.63, 3.8) is 0 Å². The van der Waals surface area contributed by atoms with E-state index in [1.54, 1.807) is 11.8 Å². The van der Waals surface area contributed by atoms with E-state index in [0.717, 1.165) is 32.4 Å². The van der Waals surface area contributed by atoms with E-state index < -0.39 is 5.97 Å². The predicted molar refractivity (Wildman–Crippen MR) is 73.9 cm³/mol. The van der Waals surface area contributed by atoms with Crippen molar-refractivity contribution < 1.29 is 9.90 Å². The fourth-order valence-corrected chi connectivity index (χ4v) is 2.83. The van der Waals surface area contributed by atoms with Gasteiger partial charge in [-0.15, -0.1) is 11.8 Å². The molecule has 3 nitrogen and oxygen atoms in total. The Hall–Kier alpha value is -1.00. The molecule has 1 fully saturated rings. The Kier molecular flexibility index (Phi) is 4.66. The maximum absolute atomic E-state index is 11.2. The maximum atomic E-state index is 11.2. The van der Waals surface area contributed by atoms with E-state index in [0.29, 0.717) is 0 Å². The van der Waals surface area contributed by atoms with Crippen molar-refractivity contribution in [2.45, 2.75) is 36.7 Å². The minimum Gasteiger partial charge on any atom is -0.480 e. The SMILES string of the molecule is CSc1ccc(CN2CCCCC2C(=O)O)cc1. The number of nitrogens with zero attached hydrogens (tertiary/aromatic N) is 1. The van der Waals surface area contributed by atoms with E-state index in [1.165, 1.54) is 10.5 Å². The molecule has 0 aliphatic carbocycles. The summed E-state index contributed by atoms with van der Waals surface area (Å²) in [5, 5.41) is 9.22. The van der Waals surface area contributed by atoms with Gasteiger partial charge in [0, 0.05) is 11.4 Å². The summed E-state index contributed by atoms with van der Waals surface area (Å²) in [5.74, 6) is -0.685. The fourth-order valence-electron chi connectivity index (χ4n) is 2.43. The van der Waals surface area contributed by atoms with Crippen LogP contribution in [-0.4, -0.2) is 34.8 Å². The van der Waals surface area contributed by atoms with Gasteiger partial charge in [-0.2, -0.15) is 0 Å². The lowest BCUT2D eigenvalue weighted by Gasteiger charge is -2.32. The van der Waals surface area contributed by atoms with Gasteiger partial charge in [0.25, 0.3) is 0 Å². The second kappa shape index (κ2) is 6.25. The van der Waals surface area contributed by atoms with Crippen LogP contribution in [0.25, 0.3) is 0 Å². The molecular weight excluding hydrogens is 246 g/mol. The van der Waals surface area contributed by atoms with Crippen LogP contribution in [0.5, 0.6) is 0 Å². The summed E-state index contributed by atoms with van der Waals surface area (Å²) in [6.45, 7) is 1.63. The number of carbonyl (C=O) groups is 1. The number of rotatable bonds is 4. The molecule has 1 N–H and O–H groups in total. The van der Waals surface area contributed by atoms with Gasteiger partial charge in [0.05, 0.1) is 0 Å². The van der Waals surface area contributed by atoms with Crippen LogP contribution in [0.3, 0.4) is 0 Å². The quantitative estimate of drug-likeness (QED) is 0.850. The molecule has 4 heteroatoms. The van der Waals surface area contributed by atoms with Gasteiger partial charge in [0.1, 0.15) is 6.04 Å². The molecule has 1 heterocycles. The monoisotopic (exact) mass is 265 g/mol. The lowest BCUT2D eigenvalue weighted by molar-refractivity contribution is -0.144. The van der Waals surface area contributed by atoms with Gasteiger partial charge < -0.3 is 5.11 Å². The van der Waals surface area contributed by atoms with E-state index >= 15 is 0 Å². The number of carboxylic acid groups (broad SMARTS) is 1. The first-order chi connectivity index (χ1) is 8.70. The van der Waals surface area contributed by atoms with Crippen LogP contribution in [0, 0.1) is 0 Å². The number of piperidine rings is 1. The molecule has 0 saturated carbocycles. The molecule has 1 aliphatic rings. The highest BCUT2D eigenvalue weighted by Gasteiger charge is 2.27. The van der Waals surface area contributed by atoms with Crippen LogP contribution in [0.2, 0.25) is 0 Å². The highest BCUT2D eigenvalue weighted by molar-refractivity contribution is 7.98. The van der Waals surface area contributed by atoms with E-state index in [4.69, 9.17) is 0 Å². The van der Waals surface area contributed by atoms with E-state index in [-0.39, 0.29) is 6.04 Å². The molecule has 0 aromatic heterocycles. The minimum atomic E-state index is -0.685. The molecule has 1 saturated heterocycles. The van der Waals surface area contributed by atoms with Crippen LogP contribution in [0.15, 0.2) is 29.2 Å². The number of hydrogen-bond acceptors (Lipinski definition) is 3. The van der Waals surface area contributed by atoms with E-state index in [2.05, 4.69) is 35.4 Å². The number of hydrogen-bond donors (Lipinski definition) is 1. The van der Waals surface area contributed by atoms with Crippen LogP contribution in [-0.2, 0) is 11.3 Å². The van der Waals surface area contributed by atoms with Crippen molar-refractivity contribution >= 4 is 17.7 Å². The average molecular weight is 265 g/mol. The summed E-state index contributed by atoms with van der Waals surface area (Å²) in [6.07, 6.45) is 4.96. The van der Waals surface area contributed by atoms with Gasteiger partial charge in [0.15, 0.2) is 0 Å². The first kappa shape index (κ1) is 13.4. The fraction of sp³-hybridized carbons (Fsp3) is 0.500. The number of benzene rings is 1. The van der Waals surface area contributed by atoms with Crippen molar-refractivity contribution in [1.29, 1.82) is 0 Å². The summed E-state index contributed by atoms with van der Waals surface area (Å²) >= 11 is 1.72. The third kappa shape index (κ3) is 3.27. The standard InChI is InChI=1S/C14H19NO2S/c1-18-12-7-5-11(6-8-12)10-15-9-3-2-4-13(15)14(16)17/h5-8,13H,2-4,9-10H2,1H3,(H,16,17). The Labute approximate surface area is 112 Å². The zero-order valence-electron chi connectivity index (χ0n) is 10.6. The summed E-state index contributed by atoms with van der Waals surface area (Å²) < 4.78 is 0. The molecule has 1 unspecified atom stereocenters. The Morgan fingerprint density at radius 1 is 1.39 bits per heavy atom. The lowest BCUT2D eigenvalue weighted by atomic mass is 10.0. The molecule has 2 rings (SSSR count). The van der Waals surface area contributed by atoms with Gasteiger partial charge >= 0.3 is 5.97 Å². The Bertz CT molecular complexity index is 405. The first-order valence-electron chi connectivity index (χ1n) is 6.30. The van der Waals surface area contributed by atoms with Crippen molar-refractivity contribution in [3.8, 4) is 0 Å². The van der Waals surface area contributed by atoms with Crippen LogP contribution in [0.4, 0.5) is 0 Å². The van der Waals surface area contributed by atoms with E-state index in [1.807, 2.05) is 0 Å². The lowest BCUT2D eigenvalue weighted by Crippen LogP contribution is -2.43. The first-order valence-corrected chi connectivity index (χ1v) is 7.53. The van der Waals surface area contributed by atoms with Gasteiger partial charge in [-0.25, -0.2) is 0 Å². The molecule has 18 heavy (non-hydrogen) atoms.